The molecule has 0 saturated carbocycles. The molecule has 0 N–H and O–H groups in total. The molecule has 162 valence electrons. The van der Waals surface area contributed by atoms with Crippen LogP contribution in [0.2, 0.25) is 0 Å². The lowest BCUT2D eigenvalue weighted by atomic mass is 10.2. The number of halogens is 1. The van der Waals surface area contributed by atoms with Gasteiger partial charge in [0.2, 0.25) is 11.8 Å². The van der Waals surface area contributed by atoms with Crippen LogP contribution in [0.15, 0.2) is 66.9 Å². The summed E-state index contributed by atoms with van der Waals surface area (Å²) in [6, 6.07) is 16.0. The number of aromatic nitrogens is 6. The maximum absolute atomic E-state index is 5.85. The third-order valence-corrected chi connectivity index (χ3v) is 8.42. The van der Waals surface area contributed by atoms with Crippen molar-refractivity contribution in [2.75, 3.05) is 0 Å². The molecule has 5 rings (SSSR count). The zero-order chi connectivity index (χ0) is 21.9. The molecule has 0 fully saturated rings. The van der Waals surface area contributed by atoms with Gasteiger partial charge in [-0.25, -0.2) is 4.98 Å². The summed E-state index contributed by atoms with van der Waals surface area (Å²) in [5, 5.41) is 18.0. The highest BCUT2D eigenvalue weighted by Crippen LogP contribution is 2.32. The number of nitrogens with zero attached hydrogens (tertiary/aromatic N) is 6. The molecular weight excluding hydrogens is 528 g/mol. The maximum Gasteiger partial charge on any atom is 0.248 e. The highest BCUT2D eigenvalue weighted by Gasteiger charge is 2.16. The fourth-order valence-corrected chi connectivity index (χ4v) is 6.39. The molecule has 0 amide bonds. The predicted octanol–water partition coefficient (Wildman–Crippen LogP) is 6.30. The van der Waals surface area contributed by atoms with Crippen LogP contribution >= 0.6 is 50.8 Å². The lowest BCUT2D eigenvalue weighted by Crippen LogP contribution is -2.02. The first-order valence-electron chi connectivity index (χ1n) is 9.82. The minimum absolute atomic E-state index is 0.498. The van der Waals surface area contributed by atoms with E-state index in [1.54, 1.807) is 34.9 Å². The molecule has 0 aliphatic rings. The van der Waals surface area contributed by atoms with Gasteiger partial charge >= 0.3 is 0 Å². The van der Waals surface area contributed by atoms with Crippen molar-refractivity contribution in [3.05, 3.63) is 64.7 Å². The van der Waals surface area contributed by atoms with E-state index in [0.717, 1.165) is 37.4 Å². The SMILES string of the molecule is CCn1c(CSc2nc3ccccc3s2)nnc1SCc1nnc(-c2ccccc2Br)o1. The van der Waals surface area contributed by atoms with Gasteiger partial charge in [0.15, 0.2) is 9.50 Å². The molecule has 0 aliphatic carbocycles. The molecule has 3 heterocycles. The summed E-state index contributed by atoms with van der Waals surface area (Å²) in [5.41, 5.74) is 1.91. The van der Waals surface area contributed by atoms with Crippen molar-refractivity contribution >= 4 is 61.0 Å². The minimum Gasteiger partial charge on any atom is -0.420 e. The van der Waals surface area contributed by atoms with Gasteiger partial charge in [0.25, 0.3) is 0 Å². The first kappa shape index (κ1) is 21.6. The summed E-state index contributed by atoms with van der Waals surface area (Å²) >= 11 is 8.46. The summed E-state index contributed by atoms with van der Waals surface area (Å²) in [7, 11) is 0. The number of fused-ring (bicyclic) bond motifs is 1. The van der Waals surface area contributed by atoms with Crippen LogP contribution in [0.1, 0.15) is 18.6 Å². The van der Waals surface area contributed by atoms with Gasteiger partial charge in [-0.1, -0.05) is 47.8 Å². The van der Waals surface area contributed by atoms with Crippen molar-refractivity contribution in [3.63, 3.8) is 0 Å². The zero-order valence-corrected chi connectivity index (χ0v) is 21.0. The fraction of sp³-hybridized carbons (Fsp3) is 0.190. The Labute approximate surface area is 205 Å². The molecule has 0 unspecified atom stereocenters. The summed E-state index contributed by atoms with van der Waals surface area (Å²) in [4.78, 5) is 4.69. The topological polar surface area (TPSA) is 82.5 Å². The molecule has 0 aliphatic heterocycles. The molecule has 0 saturated heterocycles. The average Bonchev–Trinajstić information content (AvgIpc) is 3.54. The van der Waals surface area contributed by atoms with E-state index in [0.29, 0.717) is 23.3 Å². The monoisotopic (exact) mass is 544 g/mol. The Morgan fingerprint density at radius 2 is 1.81 bits per heavy atom. The smallest absolute Gasteiger partial charge is 0.248 e. The highest BCUT2D eigenvalue weighted by molar-refractivity contribution is 9.10. The summed E-state index contributed by atoms with van der Waals surface area (Å²) < 4.78 is 11.1. The molecule has 0 bridgehead atoms. The Bertz CT molecular complexity index is 1330. The largest absolute Gasteiger partial charge is 0.420 e. The van der Waals surface area contributed by atoms with E-state index in [2.05, 4.69) is 58.9 Å². The van der Waals surface area contributed by atoms with Crippen molar-refractivity contribution in [2.24, 2.45) is 0 Å². The molecular formula is C21H17BrN6OS3. The highest BCUT2D eigenvalue weighted by atomic mass is 79.9. The van der Waals surface area contributed by atoms with Gasteiger partial charge < -0.3 is 8.98 Å². The van der Waals surface area contributed by atoms with E-state index in [1.807, 2.05) is 42.5 Å². The molecule has 0 spiro atoms. The van der Waals surface area contributed by atoms with Crippen LogP contribution in [0.3, 0.4) is 0 Å². The molecule has 32 heavy (non-hydrogen) atoms. The van der Waals surface area contributed by atoms with Gasteiger partial charge in [-0.3, -0.25) is 0 Å². The molecule has 11 heteroatoms. The van der Waals surface area contributed by atoms with E-state index in [-0.39, 0.29) is 0 Å². The van der Waals surface area contributed by atoms with Crippen molar-refractivity contribution in [2.45, 2.75) is 34.5 Å². The average molecular weight is 546 g/mol. The van der Waals surface area contributed by atoms with E-state index in [4.69, 9.17) is 4.42 Å². The van der Waals surface area contributed by atoms with Crippen LogP contribution in [0.4, 0.5) is 0 Å². The van der Waals surface area contributed by atoms with Gasteiger partial charge in [0.1, 0.15) is 5.82 Å². The van der Waals surface area contributed by atoms with Crippen molar-refractivity contribution in [3.8, 4) is 11.5 Å². The summed E-state index contributed by atoms with van der Waals surface area (Å²) in [6.45, 7) is 2.88. The van der Waals surface area contributed by atoms with Gasteiger partial charge in [-0.15, -0.1) is 31.7 Å². The Morgan fingerprint density at radius 1 is 0.969 bits per heavy atom. The molecule has 3 aromatic heterocycles. The molecule has 0 radical (unpaired) electrons. The van der Waals surface area contributed by atoms with E-state index >= 15 is 0 Å². The number of thiazole rings is 1. The number of para-hydroxylation sites is 1. The number of thioether (sulfide) groups is 2. The van der Waals surface area contributed by atoms with Crippen LogP contribution in [0.25, 0.3) is 21.7 Å². The number of benzene rings is 2. The second-order valence-electron chi connectivity index (χ2n) is 6.65. The van der Waals surface area contributed by atoms with Crippen LogP contribution < -0.4 is 0 Å². The summed E-state index contributed by atoms with van der Waals surface area (Å²) in [6.07, 6.45) is 0. The van der Waals surface area contributed by atoms with E-state index < -0.39 is 0 Å². The Balaban J connectivity index is 1.25. The van der Waals surface area contributed by atoms with E-state index in [1.165, 1.54) is 4.70 Å². The molecule has 5 aromatic rings. The minimum atomic E-state index is 0.498. The van der Waals surface area contributed by atoms with Gasteiger partial charge in [-0.2, -0.15) is 0 Å². The summed E-state index contributed by atoms with van der Waals surface area (Å²) in [5.74, 6) is 3.22. The Hall–Kier alpha value is -2.21. The maximum atomic E-state index is 5.85. The second-order valence-corrected chi connectivity index (χ2v) is 10.7. The van der Waals surface area contributed by atoms with Gasteiger partial charge in [0.05, 0.1) is 27.3 Å². The third kappa shape index (κ3) is 4.61. The first-order chi connectivity index (χ1) is 15.7. The normalized spacial score (nSPS) is 11.4. The first-order valence-corrected chi connectivity index (χ1v) is 13.4. The Morgan fingerprint density at radius 3 is 2.66 bits per heavy atom. The standard InChI is InChI=1S/C21H17BrN6OS3/c1-2-28-17(11-31-21-23-15-9-5-6-10-16(15)32-21)24-27-20(28)30-12-18-25-26-19(29-18)13-7-3-4-8-14(13)22/h3-10H,2,11-12H2,1H3. The lowest BCUT2D eigenvalue weighted by Gasteiger charge is -2.05. The molecule has 2 aromatic carbocycles. The van der Waals surface area contributed by atoms with Crippen molar-refractivity contribution in [1.29, 1.82) is 0 Å². The number of hydrogen-bond donors (Lipinski definition) is 0. The second kappa shape index (κ2) is 9.74. The van der Waals surface area contributed by atoms with Crippen LogP contribution in [0, 0.1) is 0 Å². The fourth-order valence-electron chi connectivity index (χ4n) is 3.07. The van der Waals surface area contributed by atoms with Crippen LogP contribution in [-0.2, 0) is 18.1 Å². The molecule has 0 atom stereocenters. The van der Waals surface area contributed by atoms with Gasteiger partial charge in [0, 0.05) is 11.0 Å². The molecule has 7 nitrogen and oxygen atoms in total. The third-order valence-electron chi connectivity index (χ3n) is 4.60. The van der Waals surface area contributed by atoms with Crippen molar-refractivity contribution in [1.82, 2.24) is 29.9 Å². The zero-order valence-electron chi connectivity index (χ0n) is 16.9. The lowest BCUT2D eigenvalue weighted by molar-refractivity contribution is 0.527. The quantitative estimate of drug-likeness (QED) is 0.210. The predicted molar refractivity (Wildman–Crippen MR) is 132 cm³/mol. The van der Waals surface area contributed by atoms with Crippen molar-refractivity contribution < 1.29 is 4.42 Å². The van der Waals surface area contributed by atoms with Gasteiger partial charge in [-0.05, 0) is 47.1 Å². The van der Waals surface area contributed by atoms with E-state index in [9.17, 15) is 0 Å². The number of hydrogen-bond acceptors (Lipinski definition) is 9. The van der Waals surface area contributed by atoms with Crippen LogP contribution in [-0.4, -0.2) is 29.9 Å². The van der Waals surface area contributed by atoms with Crippen LogP contribution in [0.5, 0.6) is 0 Å². The Kier molecular flexibility index (Phi) is 6.58. The number of rotatable bonds is 8.